The van der Waals surface area contributed by atoms with Crippen molar-refractivity contribution in [3.05, 3.63) is 58.1 Å². The van der Waals surface area contributed by atoms with Crippen LogP contribution in [0.1, 0.15) is 29.0 Å². The van der Waals surface area contributed by atoms with Crippen LogP contribution in [0.15, 0.2) is 46.9 Å². The van der Waals surface area contributed by atoms with E-state index in [0.29, 0.717) is 0 Å². The number of halogens is 1. The van der Waals surface area contributed by atoms with Gasteiger partial charge in [0, 0.05) is 14.0 Å². The van der Waals surface area contributed by atoms with Crippen molar-refractivity contribution in [1.29, 1.82) is 0 Å². The van der Waals surface area contributed by atoms with Crippen LogP contribution in [0.4, 0.5) is 0 Å². The van der Waals surface area contributed by atoms with E-state index in [0.717, 1.165) is 26.7 Å². The van der Waals surface area contributed by atoms with Crippen LogP contribution in [-0.2, 0) is 5.41 Å². The molecule has 0 saturated carbocycles. The van der Waals surface area contributed by atoms with Crippen LogP contribution in [0, 0.1) is 0 Å². The summed E-state index contributed by atoms with van der Waals surface area (Å²) in [4.78, 5) is 0. The zero-order valence-electron chi connectivity index (χ0n) is 11.9. The standard InChI is InChI=1S/C15H13Br/c1-15(2)13-6-4-3-5-11(13)12-8-7-10(16)9-14(12)15/h3-9H,1-2H3/i1D3. The van der Waals surface area contributed by atoms with Gasteiger partial charge >= 0.3 is 0 Å². The average Bonchev–Trinajstić information content (AvgIpc) is 2.61. The maximum atomic E-state index is 7.98. The molecule has 80 valence electrons. The van der Waals surface area contributed by atoms with E-state index < -0.39 is 12.3 Å². The van der Waals surface area contributed by atoms with Gasteiger partial charge in [0.25, 0.3) is 0 Å². The summed E-state index contributed by atoms with van der Waals surface area (Å²) in [6.45, 7) is -0.258. The highest BCUT2D eigenvalue weighted by molar-refractivity contribution is 9.10. The van der Waals surface area contributed by atoms with Gasteiger partial charge in [-0.2, -0.15) is 0 Å². The van der Waals surface area contributed by atoms with Gasteiger partial charge in [-0.1, -0.05) is 60.0 Å². The highest BCUT2D eigenvalue weighted by Gasteiger charge is 2.34. The third kappa shape index (κ3) is 1.21. The van der Waals surface area contributed by atoms with E-state index in [9.17, 15) is 0 Å². The van der Waals surface area contributed by atoms with Crippen molar-refractivity contribution in [2.75, 3.05) is 0 Å². The van der Waals surface area contributed by atoms with Crippen molar-refractivity contribution in [3.63, 3.8) is 0 Å². The van der Waals surface area contributed by atoms with Crippen LogP contribution in [-0.4, -0.2) is 0 Å². The molecule has 0 bridgehead atoms. The Balaban J connectivity index is 2.42. The molecule has 16 heavy (non-hydrogen) atoms. The summed E-state index contributed by atoms with van der Waals surface area (Å²) >= 11 is 3.44. The van der Waals surface area contributed by atoms with Gasteiger partial charge in [-0.05, 0) is 34.4 Å². The van der Waals surface area contributed by atoms with E-state index in [1.54, 1.807) is 0 Å². The summed E-state index contributed by atoms with van der Waals surface area (Å²) in [7, 11) is 0. The molecule has 0 radical (unpaired) electrons. The van der Waals surface area contributed by atoms with Gasteiger partial charge in [0.15, 0.2) is 0 Å². The van der Waals surface area contributed by atoms with Crippen molar-refractivity contribution < 1.29 is 4.11 Å². The summed E-state index contributed by atoms with van der Waals surface area (Å²) in [5, 5.41) is 0. The largest absolute Gasteiger partial charge is 0.0619 e. The first-order chi connectivity index (χ1) is 8.85. The van der Waals surface area contributed by atoms with Gasteiger partial charge in [0.1, 0.15) is 0 Å². The summed E-state index contributed by atoms with van der Waals surface area (Å²) in [6, 6.07) is 13.7. The molecule has 1 aliphatic carbocycles. The predicted molar refractivity (Wildman–Crippen MR) is 71.7 cm³/mol. The molecule has 1 heteroatoms. The first-order valence-electron chi connectivity index (χ1n) is 6.75. The smallest absolute Gasteiger partial charge is 0.0243 e. The van der Waals surface area contributed by atoms with E-state index in [2.05, 4.69) is 15.9 Å². The number of hydrogen-bond donors (Lipinski definition) is 0. The third-order valence-electron chi connectivity index (χ3n) is 3.28. The molecule has 0 aliphatic heterocycles. The molecular weight excluding hydrogens is 260 g/mol. The summed E-state index contributed by atoms with van der Waals surface area (Å²) in [5.74, 6) is 0. The Kier molecular flexibility index (Phi) is 1.46. The lowest BCUT2D eigenvalue weighted by Gasteiger charge is -2.21. The molecule has 1 atom stereocenters. The Morgan fingerprint density at radius 1 is 1.06 bits per heavy atom. The molecule has 0 nitrogen and oxygen atoms in total. The number of rotatable bonds is 0. The Morgan fingerprint density at radius 3 is 2.62 bits per heavy atom. The first kappa shape index (κ1) is 7.29. The minimum Gasteiger partial charge on any atom is -0.0619 e. The van der Waals surface area contributed by atoms with Gasteiger partial charge in [0.05, 0.1) is 0 Å². The molecule has 2 aromatic carbocycles. The lowest BCUT2D eigenvalue weighted by Crippen LogP contribution is -2.14. The molecule has 1 aliphatic rings. The van der Waals surface area contributed by atoms with Gasteiger partial charge < -0.3 is 0 Å². The number of hydrogen-bond acceptors (Lipinski definition) is 0. The molecule has 3 rings (SSSR count). The van der Waals surface area contributed by atoms with Crippen molar-refractivity contribution in [2.24, 2.45) is 0 Å². The van der Waals surface area contributed by atoms with Crippen LogP contribution in [0.5, 0.6) is 0 Å². The van der Waals surface area contributed by atoms with Gasteiger partial charge in [-0.15, -0.1) is 0 Å². The maximum absolute atomic E-state index is 7.98. The second kappa shape index (κ2) is 3.21. The first-order valence-corrected chi connectivity index (χ1v) is 6.05. The zero-order chi connectivity index (χ0) is 13.8. The van der Waals surface area contributed by atoms with Crippen LogP contribution < -0.4 is 0 Å². The van der Waals surface area contributed by atoms with E-state index in [4.69, 9.17) is 4.11 Å². The second-order valence-electron chi connectivity index (χ2n) is 4.36. The van der Waals surface area contributed by atoms with E-state index in [1.807, 2.05) is 49.4 Å². The van der Waals surface area contributed by atoms with E-state index in [-0.39, 0.29) is 0 Å². The number of fused-ring (bicyclic) bond motifs is 3. The van der Waals surface area contributed by atoms with Gasteiger partial charge in [-0.3, -0.25) is 0 Å². The Labute approximate surface area is 109 Å². The highest BCUT2D eigenvalue weighted by Crippen LogP contribution is 2.48. The van der Waals surface area contributed by atoms with E-state index >= 15 is 0 Å². The molecule has 1 unspecified atom stereocenters. The van der Waals surface area contributed by atoms with Crippen molar-refractivity contribution in [2.45, 2.75) is 19.2 Å². The molecule has 0 aromatic heterocycles. The fourth-order valence-electron chi connectivity index (χ4n) is 2.46. The predicted octanol–water partition coefficient (Wildman–Crippen LogP) is 4.76. The van der Waals surface area contributed by atoms with Crippen LogP contribution in [0.3, 0.4) is 0 Å². The van der Waals surface area contributed by atoms with E-state index in [1.165, 1.54) is 0 Å². The normalized spacial score (nSPS) is 25.2. The quantitative estimate of drug-likeness (QED) is 0.651. The average molecular weight is 276 g/mol. The number of benzene rings is 2. The minimum absolute atomic E-state index is 0.878. The molecular formula is C15H13Br. The Bertz CT molecular complexity index is 661. The zero-order valence-corrected chi connectivity index (χ0v) is 10.5. The molecule has 0 spiro atoms. The van der Waals surface area contributed by atoms with Crippen LogP contribution >= 0.6 is 15.9 Å². The fourth-order valence-corrected chi connectivity index (χ4v) is 2.83. The topological polar surface area (TPSA) is 0 Å². The monoisotopic (exact) mass is 275 g/mol. The second-order valence-corrected chi connectivity index (χ2v) is 5.28. The molecule has 0 N–H and O–H groups in total. The van der Waals surface area contributed by atoms with Gasteiger partial charge in [-0.25, -0.2) is 0 Å². The lowest BCUT2D eigenvalue weighted by atomic mass is 9.82. The van der Waals surface area contributed by atoms with Crippen molar-refractivity contribution in [1.82, 2.24) is 0 Å². The summed E-state index contributed by atoms with van der Waals surface area (Å²) in [5.41, 5.74) is 2.88. The minimum atomic E-state index is -2.07. The van der Waals surface area contributed by atoms with Crippen molar-refractivity contribution >= 4 is 15.9 Å². The van der Waals surface area contributed by atoms with Crippen LogP contribution in [0.25, 0.3) is 11.1 Å². The Morgan fingerprint density at radius 2 is 1.81 bits per heavy atom. The molecule has 2 aromatic rings. The highest BCUT2D eigenvalue weighted by atomic mass is 79.9. The summed E-state index contributed by atoms with van der Waals surface area (Å²) < 4.78 is 24.8. The molecule has 0 heterocycles. The summed E-state index contributed by atoms with van der Waals surface area (Å²) in [6.07, 6.45) is 0. The molecule has 0 fully saturated rings. The van der Waals surface area contributed by atoms with Gasteiger partial charge in [0.2, 0.25) is 0 Å². The lowest BCUT2D eigenvalue weighted by molar-refractivity contribution is 0.660. The Hall–Kier alpha value is -1.08. The molecule has 0 saturated heterocycles. The van der Waals surface area contributed by atoms with Crippen molar-refractivity contribution in [3.8, 4) is 11.1 Å². The molecule has 0 amide bonds. The van der Waals surface area contributed by atoms with Crippen LogP contribution in [0.2, 0.25) is 0 Å². The SMILES string of the molecule is [2H]C([2H])([2H])C1(C)c2ccccc2-c2ccc(Br)cc21. The fraction of sp³-hybridized carbons (Fsp3) is 0.200. The maximum Gasteiger partial charge on any atom is 0.0243 e. The third-order valence-corrected chi connectivity index (χ3v) is 3.77.